The summed E-state index contributed by atoms with van der Waals surface area (Å²) in [5, 5.41) is 10.3. The number of hydrogen-bond acceptors (Lipinski definition) is 4. The summed E-state index contributed by atoms with van der Waals surface area (Å²) in [6.07, 6.45) is 0. The Hall–Kier alpha value is -1.26. The highest BCUT2D eigenvalue weighted by Gasteiger charge is 2.30. The van der Waals surface area contributed by atoms with E-state index >= 15 is 0 Å². The zero-order valence-corrected chi connectivity index (χ0v) is 12.0. The van der Waals surface area contributed by atoms with Gasteiger partial charge in [-0.05, 0) is 45.6 Å². The van der Waals surface area contributed by atoms with Crippen LogP contribution in [0.1, 0.15) is 25.5 Å². The maximum atomic E-state index is 10.3. The summed E-state index contributed by atoms with van der Waals surface area (Å²) >= 11 is 0. The molecule has 1 N–H and O–H groups in total. The fraction of sp³-hybridized carbons (Fsp3) is 0.571. The maximum absolute atomic E-state index is 10.3. The highest BCUT2D eigenvalue weighted by molar-refractivity contribution is 5.44. The summed E-state index contributed by atoms with van der Waals surface area (Å²) in [4.78, 5) is 1.99. The number of hydrogen-bond donors (Lipinski definition) is 1. The minimum atomic E-state index is -0.844. The average molecular weight is 253 g/mol. The van der Waals surface area contributed by atoms with Gasteiger partial charge in [0.05, 0.1) is 25.9 Å². The van der Waals surface area contributed by atoms with Gasteiger partial charge < -0.3 is 14.6 Å². The van der Waals surface area contributed by atoms with Crippen molar-refractivity contribution in [2.24, 2.45) is 0 Å². The van der Waals surface area contributed by atoms with Crippen LogP contribution in [0, 0.1) is 0 Å². The Morgan fingerprint density at radius 2 is 1.67 bits per heavy atom. The lowest BCUT2D eigenvalue weighted by atomic mass is 9.91. The smallest absolute Gasteiger partial charge is 0.161 e. The van der Waals surface area contributed by atoms with Gasteiger partial charge in [-0.2, -0.15) is 0 Å². The quantitative estimate of drug-likeness (QED) is 0.872. The van der Waals surface area contributed by atoms with E-state index in [1.165, 1.54) is 0 Å². The van der Waals surface area contributed by atoms with Crippen LogP contribution >= 0.6 is 0 Å². The van der Waals surface area contributed by atoms with Crippen molar-refractivity contribution in [2.75, 3.05) is 28.3 Å². The van der Waals surface area contributed by atoms with Crippen molar-refractivity contribution >= 4 is 0 Å². The van der Waals surface area contributed by atoms with E-state index in [0.29, 0.717) is 11.5 Å². The molecule has 1 aromatic carbocycles. The summed E-state index contributed by atoms with van der Waals surface area (Å²) in [5.74, 6) is 1.36. The molecule has 18 heavy (non-hydrogen) atoms. The SMILES string of the molecule is COc1ccc(C(N(C)C)C(C)(C)O)cc1OC. The van der Waals surface area contributed by atoms with Crippen LogP contribution < -0.4 is 9.47 Å². The summed E-state index contributed by atoms with van der Waals surface area (Å²) in [7, 11) is 7.10. The van der Waals surface area contributed by atoms with Gasteiger partial charge in [-0.25, -0.2) is 0 Å². The van der Waals surface area contributed by atoms with Gasteiger partial charge in [0, 0.05) is 0 Å². The van der Waals surface area contributed by atoms with E-state index < -0.39 is 5.60 Å². The van der Waals surface area contributed by atoms with Crippen LogP contribution in [-0.2, 0) is 0 Å². The first kappa shape index (κ1) is 14.8. The van der Waals surface area contributed by atoms with Crippen LogP contribution in [0.5, 0.6) is 11.5 Å². The Morgan fingerprint density at radius 3 is 2.06 bits per heavy atom. The van der Waals surface area contributed by atoms with Crippen molar-refractivity contribution in [1.29, 1.82) is 0 Å². The second-order valence-corrected chi connectivity index (χ2v) is 5.13. The molecule has 0 aliphatic carbocycles. The first-order chi connectivity index (χ1) is 8.31. The number of aliphatic hydroxyl groups is 1. The first-order valence-corrected chi connectivity index (χ1v) is 5.92. The zero-order chi connectivity index (χ0) is 13.9. The number of benzene rings is 1. The monoisotopic (exact) mass is 253 g/mol. The topological polar surface area (TPSA) is 41.9 Å². The average Bonchev–Trinajstić information content (AvgIpc) is 2.26. The molecular weight excluding hydrogens is 230 g/mol. The fourth-order valence-electron chi connectivity index (χ4n) is 2.36. The van der Waals surface area contributed by atoms with E-state index in [1.807, 2.05) is 37.2 Å². The van der Waals surface area contributed by atoms with Gasteiger partial charge >= 0.3 is 0 Å². The third kappa shape index (κ3) is 3.15. The molecule has 0 aromatic heterocycles. The van der Waals surface area contributed by atoms with Crippen molar-refractivity contribution in [3.05, 3.63) is 23.8 Å². The Labute approximate surface area is 109 Å². The molecular formula is C14H23NO3. The van der Waals surface area contributed by atoms with Crippen molar-refractivity contribution in [1.82, 2.24) is 4.90 Å². The number of rotatable bonds is 5. The van der Waals surface area contributed by atoms with E-state index in [2.05, 4.69) is 0 Å². The Kier molecular flexibility index (Phi) is 4.59. The van der Waals surface area contributed by atoms with E-state index in [1.54, 1.807) is 28.1 Å². The summed E-state index contributed by atoms with van der Waals surface area (Å²) in [5.41, 5.74) is 0.147. The van der Waals surface area contributed by atoms with Crippen molar-refractivity contribution < 1.29 is 14.6 Å². The predicted molar refractivity (Wildman–Crippen MR) is 72.3 cm³/mol. The molecule has 0 heterocycles. The van der Waals surface area contributed by atoms with Crippen LogP contribution in [0.2, 0.25) is 0 Å². The molecule has 1 unspecified atom stereocenters. The molecule has 1 aromatic rings. The third-order valence-corrected chi connectivity index (χ3v) is 2.91. The van der Waals surface area contributed by atoms with E-state index in [4.69, 9.17) is 9.47 Å². The van der Waals surface area contributed by atoms with Crippen molar-refractivity contribution in [3.8, 4) is 11.5 Å². The van der Waals surface area contributed by atoms with Gasteiger partial charge in [-0.1, -0.05) is 6.07 Å². The maximum Gasteiger partial charge on any atom is 0.161 e. The molecule has 0 saturated carbocycles. The van der Waals surface area contributed by atoms with Crippen molar-refractivity contribution in [2.45, 2.75) is 25.5 Å². The first-order valence-electron chi connectivity index (χ1n) is 5.92. The van der Waals surface area contributed by atoms with Gasteiger partial charge in [-0.15, -0.1) is 0 Å². The molecule has 1 atom stereocenters. The lowest BCUT2D eigenvalue weighted by Crippen LogP contribution is -2.38. The molecule has 1 rings (SSSR count). The molecule has 0 bridgehead atoms. The van der Waals surface area contributed by atoms with Crippen LogP contribution in [0.4, 0.5) is 0 Å². The lowest BCUT2D eigenvalue weighted by Gasteiger charge is -2.35. The van der Waals surface area contributed by atoms with Gasteiger partial charge in [0.1, 0.15) is 0 Å². The lowest BCUT2D eigenvalue weighted by molar-refractivity contribution is -0.00323. The third-order valence-electron chi connectivity index (χ3n) is 2.91. The standard InChI is InChI=1S/C14H23NO3/c1-14(2,16)13(15(3)4)10-7-8-11(17-5)12(9-10)18-6/h7-9,13,16H,1-6H3. The minimum absolute atomic E-state index is 0.114. The molecule has 102 valence electrons. The molecule has 0 spiro atoms. The summed E-state index contributed by atoms with van der Waals surface area (Å²) < 4.78 is 10.5. The Balaban J connectivity index is 3.22. The molecule has 4 heteroatoms. The van der Waals surface area contributed by atoms with Crippen LogP contribution in [0.25, 0.3) is 0 Å². The van der Waals surface area contributed by atoms with Gasteiger partial charge in [0.15, 0.2) is 11.5 Å². The fourth-order valence-corrected chi connectivity index (χ4v) is 2.36. The summed E-state index contributed by atoms with van der Waals surface area (Å²) in [6, 6.07) is 5.60. The molecule has 4 nitrogen and oxygen atoms in total. The Morgan fingerprint density at radius 1 is 1.11 bits per heavy atom. The van der Waals surface area contributed by atoms with Crippen LogP contribution in [0.3, 0.4) is 0 Å². The highest BCUT2D eigenvalue weighted by Crippen LogP contribution is 2.35. The second kappa shape index (κ2) is 5.59. The van der Waals surface area contributed by atoms with Gasteiger partial charge in [0.25, 0.3) is 0 Å². The number of nitrogens with zero attached hydrogens (tertiary/aromatic N) is 1. The molecule has 0 saturated heterocycles. The number of methoxy groups -OCH3 is 2. The van der Waals surface area contributed by atoms with E-state index in [-0.39, 0.29) is 6.04 Å². The zero-order valence-electron chi connectivity index (χ0n) is 12.0. The predicted octanol–water partition coefficient (Wildman–Crippen LogP) is 2.08. The van der Waals surface area contributed by atoms with Gasteiger partial charge in [0.2, 0.25) is 0 Å². The molecule has 0 radical (unpaired) electrons. The van der Waals surface area contributed by atoms with E-state index in [9.17, 15) is 5.11 Å². The van der Waals surface area contributed by atoms with E-state index in [0.717, 1.165) is 5.56 Å². The number of likely N-dealkylation sites (N-methyl/N-ethyl adjacent to an activating group) is 1. The minimum Gasteiger partial charge on any atom is -0.493 e. The second-order valence-electron chi connectivity index (χ2n) is 5.13. The van der Waals surface area contributed by atoms with Crippen LogP contribution in [0.15, 0.2) is 18.2 Å². The largest absolute Gasteiger partial charge is 0.493 e. The molecule has 0 aliphatic heterocycles. The Bertz CT molecular complexity index is 397. The highest BCUT2D eigenvalue weighted by atomic mass is 16.5. The van der Waals surface area contributed by atoms with Gasteiger partial charge in [-0.3, -0.25) is 4.90 Å². The molecule has 0 fully saturated rings. The van der Waals surface area contributed by atoms with Crippen LogP contribution in [-0.4, -0.2) is 43.9 Å². The number of ether oxygens (including phenoxy) is 2. The normalized spacial score (nSPS) is 13.6. The molecule has 0 aliphatic rings. The molecule has 0 amide bonds. The van der Waals surface area contributed by atoms with Crippen molar-refractivity contribution in [3.63, 3.8) is 0 Å². The summed E-state index contributed by atoms with van der Waals surface area (Å²) in [6.45, 7) is 3.60.